The van der Waals surface area contributed by atoms with Crippen LogP contribution >= 0.6 is 0 Å². The van der Waals surface area contributed by atoms with Gasteiger partial charge in [-0.3, -0.25) is 9.78 Å². The van der Waals surface area contributed by atoms with Crippen LogP contribution in [0.15, 0.2) is 24.4 Å². The van der Waals surface area contributed by atoms with Gasteiger partial charge >= 0.3 is 6.18 Å². The first-order chi connectivity index (χ1) is 11.3. The zero-order valence-electron chi connectivity index (χ0n) is 12.9. The van der Waals surface area contributed by atoms with Crippen molar-refractivity contribution in [3.8, 4) is 5.75 Å². The van der Waals surface area contributed by atoms with E-state index in [2.05, 4.69) is 4.98 Å². The number of nitrogens with zero attached hydrogens (tertiary/aromatic N) is 1. The van der Waals surface area contributed by atoms with E-state index in [-0.39, 0.29) is 28.8 Å². The first-order valence-corrected chi connectivity index (χ1v) is 7.35. The number of hydrogen-bond acceptors (Lipinski definition) is 4. The predicted molar refractivity (Wildman–Crippen MR) is 81.7 cm³/mol. The fourth-order valence-corrected chi connectivity index (χ4v) is 2.19. The number of aliphatic hydroxyl groups excluding tert-OH is 1. The molecule has 0 aliphatic heterocycles. The third-order valence-corrected chi connectivity index (χ3v) is 3.48. The van der Waals surface area contributed by atoms with Crippen molar-refractivity contribution in [3.05, 3.63) is 35.5 Å². The average molecular weight is 342 g/mol. The summed E-state index contributed by atoms with van der Waals surface area (Å²) in [5.74, 6) is -0.763. The summed E-state index contributed by atoms with van der Waals surface area (Å²) in [6.45, 7) is 2.11. The molecule has 0 radical (unpaired) electrons. The van der Waals surface area contributed by atoms with Gasteiger partial charge in [0, 0.05) is 17.1 Å². The number of benzene rings is 1. The SMILES string of the molecule is CCCCOc1c(C(O)C(F)(F)F)cnc2cc(C(N)=O)ccc12. The maximum Gasteiger partial charge on any atom is 0.418 e. The number of pyridine rings is 1. The summed E-state index contributed by atoms with van der Waals surface area (Å²) in [6.07, 6.45) is -5.20. The van der Waals surface area contributed by atoms with Crippen molar-refractivity contribution in [3.63, 3.8) is 0 Å². The number of hydrogen-bond donors (Lipinski definition) is 2. The molecule has 0 aliphatic rings. The Morgan fingerprint density at radius 3 is 2.71 bits per heavy atom. The highest BCUT2D eigenvalue weighted by Gasteiger charge is 2.41. The first kappa shape index (κ1) is 18.0. The molecule has 3 N–H and O–H groups in total. The summed E-state index contributed by atoms with van der Waals surface area (Å²) in [5.41, 5.74) is 5.17. The molecule has 2 aromatic rings. The number of alkyl halides is 3. The fraction of sp³-hybridized carbons (Fsp3) is 0.375. The van der Waals surface area contributed by atoms with Gasteiger partial charge in [0.2, 0.25) is 5.91 Å². The normalized spacial score (nSPS) is 13.0. The second-order valence-corrected chi connectivity index (χ2v) is 5.29. The Kier molecular flexibility index (Phi) is 5.28. The van der Waals surface area contributed by atoms with E-state index < -0.39 is 23.8 Å². The van der Waals surface area contributed by atoms with Gasteiger partial charge in [0.25, 0.3) is 0 Å². The lowest BCUT2D eigenvalue weighted by atomic mass is 10.0. The average Bonchev–Trinajstić information content (AvgIpc) is 2.53. The number of rotatable bonds is 6. The molecule has 2 rings (SSSR count). The van der Waals surface area contributed by atoms with Crippen LogP contribution in [0.2, 0.25) is 0 Å². The van der Waals surface area contributed by atoms with Crippen LogP contribution in [0.5, 0.6) is 5.75 Å². The molecular weight excluding hydrogens is 325 g/mol. The number of ether oxygens (including phenoxy) is 1. The van der Waals surface area contributed by atoms with Crippen molar-refractivity contribution in [2.24, 2.45) is 5.73 Å². The second-order valence-electron chi connectivity index (χ2n) is 5.29. The Labute approximate surface area is 136 Å². The summed E-state index contributed by atoms with van der Waals surface area (Å²) >= 11 is 0. The lowest BCUT2D eigenvalue weighted by molar-refractivity contribution is -0.207. The maximum atomic E-state index is 12.9. The molecular formula is C16H17F3N2O3. The van der Waals surface area contributed by atoms with Crippen molar-refractivity contribution < 1.29 is 27.8 Å². The van der Waals surface area contributed by atoms with Gasteiger partial charge in [0.15, 0.2) is 6.10 Å². The number of aliphatic hydroxyl groups is 1. The second kappa shape index (κ2) is 7.04. The smallest absolute Gasteiger partial charge is 0.418 e. The van der Waals surface area contributed by atoms with E-state index in [0.717, 1.165) is 12.6 Å². The van der Waals surface area contributed by atoms with Crippen molar-refractivity contribution in [1.82, 2.24) is 4.98 Å². The van der Waals surface area contributed by atoms with Crippen LogP contribution in [0.3, 0.4) is 0 Å². The van der Waals surface area contributed by atoms with E-state index in [1.54, 1.807) is 0 Å². The number of carbonyl (C=O) groups excluding carboxylic acids is 1. The molecule has 0 spiro atoms. The van der Waals surface area contributed by atoms with Crippen molar-refractivity contribution in [2.75, 3.05) is 6.61 Å². The molecule has 1 unspecified atom stereocenters. The van der Waals surface area contributed by atoms with E-state index in [4.69, 9.17) is 10.5 Å². The standard InChI is InChI=1S/C16H17F3N2O3/c1-2-3-6-24-13-10-5-4-9(15(20)23)7-12(10)21-8-11(13)14(22)16(17,18)19/h4-5,7-8,14,22H,2-3,6H2,1H3,(H2,20,23). The third-order valence-electron chi connectivity index (χ3n) is 3.48. The van der Waals surface area contributed by atoms with Crippen molar-refractivity contribution in [2.45, 2.75) is 32.0 Å². The molecule has 1 heterocycles. The maximum absolute atomic E-state index is 12.9. The van der Waals surface area contributed by atoms with Crippen LogP contribution < -0.4 is 10.5 Å². The molecule has 1 aromatic carbocycles. The van der Waals surface area contributed by atoms with Crippen LogP contribution in [-0.4, -0.2) is 28.8 Å². The quantitative estimate of drug-likeness (QED) is 0.790. The Bertz CT molecular complexity index is 747. The summed E-state index contributed by atoms with van der Waals surface area (Å²) in [4.78, 5) is 15.1. The van der Waals surface area contributed by atoms with Crippen LogP contribution in [0.25, 0.3) is 10.9 Å². The van der Waals surface area contributed by atoms with Gasteiger partial charge in [0.1, 0.15) is 5.75 Å². The highest BCUT2D eigenvalue weighted by atomic mass is 19.4. The van der Waals surface area contributed by atoms with Gasteiger partial charge in [-0.15, -0.1) is 0 Å². The van der Waals surface area contributed by atoms with Crippen molar-refractivity contribution in [1.29, 1.82) is 0 Å². The fourth-order valence-electron chi connectivity index (χ4n) is 2.19. The highest BCUT2D eigenvalue weighted by molar-refractivity contribution is 5.98. The summed E-state index contributed by atoms with van der Waals surface area (Å²) in [7, 11) is 0. The largest absolute Gasteiger partial charge is 0.492 e. The minimum Gasteiger partial charge on any atom is -0.492 e. The minimum absolute atomic E-state index is 0.0886. The number of halogens is 3. The number of fused-ring (bicyclic) bond motifs is 1. The molecule has 0 bridgehead atoms. The minimum atomic E-state index is -4.84. The molecule has 0 aliphatic carbocycles. The summed E-state index contributed by atoms with van der Waals surface area (Å²) in [5, 5.41) is 9.85. The van der Waals surface area contributed by atoms with E-state index in [1.807, 2.05) is 6.92 Å². The number of nitrogens with two attached hydrogens (primary N) is 1. The Morgan fingerprint density at radius 2 is 2.12 bits per heavy atom. The lowest BCUT2D eigenvalue weighted by Crippen LogP contribution is -2.21. The Morgan fingerprint density at radius 1 is 1.42 bits per heavy atom. The summed E-state index contributed by atoms with van der Waals surface area (Å²) in [6, 6.07) is 4.16. The zero-order valence-corrected chi connectivity index (χ0v) is 12.9. The van der Waals surface area contributed by atoms with Crippen molar-refractivity contribution >= 4 is 16.8 Å². The summed E-state index contributed by atoms with van der Waals surface area (Å²) < 4.78 is 44.1. The number of unbranched alkanes of at least 4 members (excludes halogenated alkanes) is 1. The molecule has 130 valence electrons. The highest BCUT2D eigenvalue weighted by Crippen LogP contribution is 2.40. The van der Waals surface area contributed by atoms with Gasteiger partial charge in [-0.05, 0) is 24.6 Å². The van der Waals surface area contributed by atoms with Crippen LogP contribution in [0.1, 0.15) is 41.8 Å². The van der Waals surface area contributed by atoms with Crippen LogP contribution in [0.4, 0.5) is 13.2 Å². The topological polar surface area (TPSA) is 85.4 Å². The zero-order chi connectivity index (χ0) is 17.9. The van der Waals surface area contributed by atoms with Gasteiger partial charge in [-0.25, -0.2) is 0 Å². The van der Waals surface area contributed by atoms with E-state index in [0.29, 0.717) is 6.42 Å². The Balaban J connectivity index is 2.58. The van der Waals surface area contributed by atoms with Crippen LogP contribution in [0, 0.1) is 0 Å². The lowest BCUT2D eigenvalue weighted by Gasteiger charge is -2.19. The van der Waals surface area contributed by atoms with Gasteiger partial charge < -0.3 is 15.6 Å². The van der Waals surface area contributed by atoms with Gasteiger partial charge in [-0.1, -0.05) is 13.3 Å². The van der Waals surface area contributed by atoms with Crippen LogP contribution in [-0.2, 0) is 0 Å². The van der Waals surface area contributed by atoms with E-state index in [9.17, 15) is 23.1 Å². The monoisotopic (exact) mass is 342 g/mol. The number of amides is 1. The Hall–Kier alpha value is -2.35. The molecule has 1 atom stereocenters. The molecule has 0 saturated heterocycles. The van der Waals surface area contributed by atoms with E-state index >= 15 is 0 Å². The van der Waals surface area contributed by atoms with Gasteiger partial charge in [0.05, 0.1) is 17.7 Å². The third kappa shape index (κ3) is 3.76. The molecule has 24 heavy (non-hydrogen) atoms. The molecule has 5 nitrogen and oxygen atoms in total. The van der Waals surface area contributed by atoms with E-state index in [1.165, 1.54) is 18.2 Å². The number of carbonyl (C=O) groups is 1. The molecule has 1 aromatic heterocycles. The molecule has 0 fully saturated rings. The number of primary amides is 1. The van der Waals surface area contributed by atoms with Gasteiger partial charge in [-0.2, -0.15) is 13.2 Å². The molecule has 8 heteroatoms. The molecule has 1 amide bonds. The number of aromatic nitrogens is 1. The predicted octanol–water partition coefficient (Wildman–Crippen LogP) is 3.11. The first-order valence-electron chi connectivity index (χ1n) is 7.35. The molecule has 0 saturated carbocycles.